The molecule has 0 saturated carbocycles. The van der Waals surface area contributed by atoms with Crippen molar-refractivity contribution in [3.63, 3.8) is 0 Å². The number of amides is 1. The first kappa shape index (κ1) is 21.4. The fraction of sp³-hybridized carbons (Fsp3) is 0.565. The molecule has 1 aromatic heterocycles. The summed E-state index contributed by atoms with van der Waals surface area (Å²) in [7, 11) is 1.94. The van der Waals surface area contributed by atoms with E-state index in [1.54, 1.807) is 0 Å². The second-order valence-corrected chi connectivity index (χ2v) is 8.35. The zero-order chi connectivity index (χ0) is 20.8. The van der Waals surface area contributed by atoms with Crippen LogP contribution >= 0.6 is 0 Å². The maximum Gasteiger partial charge on any atom is 0.229 e. The van der Waals surface area contributed by atoms with E-state index < -0.39 is 0 Å². The highest BCUT2D eigenvalue weighted by atomic mass is 16.2. The van der Waals surface area contributed by atoms with Gasteiger partial charge in [0, 0.05) is 43.5 Å². The van der Waals surface area contributed by atoms with E-state index >= 15 is 0 Å². The van der Waals surface area contributed by atoms with E-state index in [-0.39, 0.29) is 11.8 Å². The summed E-state index contributed by atoms with van der Waals surface area (Å²) in [5.74, 6) is 1.14. The number of hydrogen-bond donors (Lipinski definition) is 2. The molecule has 1 aliphatic heterocycles. The summed E-state index contributed by atoms with van der Waals surface area (Å²) in [6.45, 7) is 8.52. The van der Waals surface area contributed by atoms with E-state index in [1.807, 2.05) is 43.5 Å². The molecule has 0 saturated heterocycles. The Balaban J connectivity index is 1.92. The summed E-state index contributed by atoms with van der Waals surface area (Å²) in [5, 5.41) is 11.4. The number of fused-ring (bicyclic) bond motifs is 1. The van der Waals surface area contributed by atoms with E-state index in [0.29, 0.717) is 0 Å². The van der Waals surface area contributed by atoms with Crippen LogP contribution in [0, 0.1) is 12.8 Å². The Morgan fingerprint density at radius 3 is 2.62 bits per heavy atom. The summed E-state index contributed by atoms with van der Waals surface area (Å²) in [6.07, 6.45) is 5.93. The van der Waals surface area contributed by atoms with Crippen molar-refractivity contribution in [2.24, 2.45) is 13.0 Å². The van der Waals surface area contributed by atoms with Gasteiger partial charge in [0.05, 0.1) is 5.69 Å². The Morgan fingerprint density at radius 1 is 1.14 bits per heavy atom. The molecule has 2 N–H and O–H groups in total. The molecule has 29 heavy (non-hydrogen) atoms. The first-order valence-electron chi connectivity index (χ1n) is 10.9. The van der Waals surface area contributed by atoms with E-state index in [2.05, 4.69) is 33.9 Å². The summed E-state index contributed by atoms with van der Waals surface area (Å²) >= 11 is 0. The quantitative estimate of drug-likeness (QED) is 0.800. The highest BCUT2D eigenvalue weighted by molar-refractivity contribution is 5.95. The van der Waals surface area contributed by atoms with Crippen molar-refractivity contribution in [2.75, 3.05) is 23.3 Å². The lowest BCUT2D eigenvalue weighted by Gasteiger charge is -2.28. The molecule has 6 nitrogen and oxygen atoms in total. The number of nitrogens with zero attached hydrogens (tertiary/aromatic N) is 3. The fourth-order valence-corrected chi connectivity index (χ4v) is 3.88. The molecule has 2 aromatic rings. The van der Waals surface area contributed by atoms with Crippen molar-refractivity contribution in [3.05, 3.63) is 35.5 Å². The van der Waals surface area contributed by atoms with Crippen molar-refractivity contribution in [3.8, 4) is 0 Å². The van der Waals surface area contributed by atoms with E-state index in [9.17, 15) is 4.79 Å². The number of nitrogens with one attached hydrogen (secondary N) is 2. The standard InChI is InChI=1S/C23H35N5O/c1-17(2)23(29)28-13-9-7-5-6-8-12-24-16-19-15-20(10-11-21(19)28)25-22-14-18(3)26-27(22)4/h10-11,14-15,17,24-25H,5-9,12-13,16H2,1-4H3. The first-order valence-corrected chi connectivity index (χ1v) is 10.9. The van der Waals surface area contributed by atoms with Crippen LogP contribution in [0.4, 0.5) is 17.2 Å². The van der Waals surface area contributed by atoms with Gasteiger partial charge >= 0.3 is 0 Å². The van der Waals surface area contributed by atoms with Crippen molar-refractivity contribution < 1.29 is 4.79 Å². The predicted molar refractivity (Wildman–Crippen MR) is 120 cm³/mol. The highest BCUT2D eigenvalue weighted by Crippen LogP contribution is 2.28. The van der Waals surface area contributed by atoms with Gasteiger partial charge in [0.1, 0.15) is 5.82 Å². The molecule has 1 aromatic carbocycles. The second-order valence-electron chi connectivity index (χ2n) is 8.35. The van der Waals surface area contributed by atoms with Crippen molar-refractivity contribution in [1.29, 1.82) is 0 Å². The lowest BCUT2D eigenvalue weighted by Crippen LogP contribution is -2.36. The molecule has 3 rings (SSSR count). The van der Waals surface area contributed by atoms with Crippen LogP contribution in [0.1, 0.15) is 57.2 Å². The minimum atomic E-state index is -0.0149. The molecule has 6 heteroatoms. The smallest absolute Gasteiger partial charge is 0.229 e. The Bertz CT molecular complexity index is 827. The fourth-order valence-electron chi connectivity index (χ4n) is 3.88. The summed E-state index contributed by atoms with van der Waals surface area (Å²) < 4.78 is 1.85. The molecule has 1 aliphatic rings. The number of benzene rings is 1. The lowest BCUT2D eigenvalue weighted by molar-refractivity contribution is -0.121. The molecule has 1 amide bonds. The summed E-state index contributed by atoms with van der Waals surface area (Å²) in [5.41, 5.74) is 4.18. The zero-order valence-electron chi connectivity index (χ0n) is 18.3. The van der Waals surface area contributed by atoms with Crippen molar-refractivity contribution >= 4 is 23.1 Å². The highest BCUT2D eigenvalue weighted by Gasteiger charge is 2.21. The average molecular weight is 398 g/mol. The van der Waals surface area contributed by atoms with Gasteiger partial charge in [-0.05, 0) is 50.1 Å². The molecular formula is C23H35N5O. The van der Waals surface area contributed by atoms with Crippen LogP contribution < -0.4 is 15.5 Å². The molecule has 0 fully saturated rings. The molecule has 0 unspecified atom stereocenters. The third-order valence-electron chi connectivity index (χ3n) is 5.46. The number of rotatable bonds is 3. The monoisotopic (exact) mass is 397 g/mol. The van der Waals surface area contributed by atoms with Gasteiger partial charge in [0.2, 0.25) is 5.91 Å². The van der Waals surface area contributed by atoms with Crippen molar-refractivity contribution in [2.45, 2.75) is 59.4 Å². The van der Waals surface area contributed by atoms with E-state index in [1.165, 1.54) is 25.7 Å². The van der Waals surface area contributed by atoms with Crippen LogP contribution in [-0.4, -0.2) is 28.8 Å². The van der Waals surface area contributed by atoms with Gasteiger partial charge in [-0.15, -0.1) is 0 Å². The molecular weight excluding hydrogens is 362 g/mol. The summed E-state index contributed by atoms with van der Waals surface area (Å²) in [6, 6.07) is 8.35. The third kappa shape index (κ3) is 5.60. The number of aryl methyl sites for hydroxylation is 2. The van der Waals surface area contributed by atoms with Crippen LogP contribution in [0.3, 0.4) is 0 Å². The maximum atomic E-state index is 13.0. The average Bonchev–Trinajstić information content (AvgIpc) is 2.99. The van der Waals surface area contributed by atoms with Gasteiger partial charge in [-0.25, -0.2) is 0 Å². The van der Waals surface area contributed by atoms with Gasteiger partial charge in [-0.3, -0.25) is 9.48 Å². The number of carbonyl (C=O) groups is 1. The lowest BCUT2D eigenvalue weighted by atomic mass is 10.1. The molecule has 0 atom stereocenters. The number of carbonyl (C=O) groups excluding carboxylic acids is 1. The van der Waals surface area contributed by atoms with Gasteiger partial charge in [0.15, 0.2) is 0 Å². The topological polar surface area (TPSA) is 62.2 Å². The van der Waals surface area contributed by atoms with Crippen LogP contribution in [-0.2, 0) is 18.4 Å². The Hall–Kier alpha value is -2.34. The van der Waals surface area contributed by atoms with E-state index in [0.717, 1.165) is 54.5 Å². The van der Waals surface area contributed by atoms with Crippen LogP contribution in [0.15, 0.2) is 24.3 Å². The molecule has 0 bridgehead atoms. The van der Waals surface area contributed by atoms with Crippen LogP contribution in [0.25, 0.3) is 0 Å². The van der Waals surface area contributed by atoms with Gasteiger partial charge in [-0.2, -0.15) is 5.10 Å². The number of hydrogen-bond acceptors (Lipinski definition) is 4. The Morgan fingerprint density at radius 2 is 1.90 bits per heavy atom. The zero-order valence-corrected chi connectivity index (χ0v) is 18.3. The SMILES string of the molecule is Cc1cc(Nc2ccc3c(c2)CNCCCCCCCN3C(=O)C(C)C)n(C)n1. The molecule has 0 aliphatic carbocycles. The van der Waals surface area contributed by atoms with Crippen LogP contribution in [0.2, 0.25) is 0 Å². The predicted octanol–water partition coefficient (Wildman–Crippen LogP) is 4.51. The van der Waals surface area contributed by atoms with Gasteiger partial charge in [0.25, 0.3) is 0 Å². The van der Waals surface area contributed by atoms with E-state index in [4.69, 9.17) is 0 Å². The van der Waals surface area contributed by atoms with Gasteiger partial charge < -0.3 is 15.5 Å². The Kier molecular flexibility index (Phi) is 7.31. The molecule has 0 spiro atoms. The van der Waals surface area contributed by atoms with Crippen molar-refractivity contribution in [1.82, 2.24) is 15.1 Å². The first-order chi connectivity index (χ1) is 14.0. The minimum Gasteiger partial charge on any atom is -0.340 e. The summed E-state index contributed by atoms with van der Waals surface area (Å²) in [4.78, 5) is 15.0. The largest absolute Gasteiger partial charge is 0.340 e. The number of aromatic nitrogens is 2. The molecule has 2 heterocycles. The minimum absolute atomic E-state index is 0.0149. The molecule has 0 radical (unpaired) electrons. The number of anilines is 3. The van der Waals surface area contributed by atoms with Crippen LogP contribution in [0.5, 0.6) is 0 Å². The van der Waals surface area contributed by atoms with Gasteiger partial charge in [-0.1, -0.05) is 33.1 Å². The Labute approximate surface area is 174 Å². The third-order valence-corrected chi connectivity index (χ3v) is 5.46. The normalized spacial score (nSPS) is 16.1. The second kappa shape index (κ2) is 9.92. The molecule has 158 valence electrons. The maximum absolute atomic E-state index is 13.0.